The van der Waals surface area contributed by atoms with E-state index >= 15 is 0 Å². The molecule has 1 rings (SSSR count). The molecule has 0 spiro atoms. The molecule has 2 N–H and O–H groups in total. The molecule has 0 aliphatic heterocycles. The number of rotatable bonds is 4. The summed E-state index contributed by atoms with van der Waals surface area (Å²) in [5.41, 5.74) is -0.119. The molecule has 4 heteroatoms. The Morgan fingerprint density at radius 3 is 3.07 bits per heavy atom. The second kappa shape index (κ2) is 5.21. The quantitative estimate of drug-likeness (QED) is 0.562. The molecule has 4 nitrogen and oxygen atoms in total. The van der Waals surface area contributed by atoms with Gasteiger partial charge in [0.1, 0.15) is 11.6 Å². The van der Waals surface area contributed by atoms with Crippen LogP contribution in [0.3, 0.4) is 0 Å². The van der Waals surface area contributed by atoms with Gasteiger partial charge in [0.15, 0.2) is 0 Å². The first-order valence-electron chi connectivity index (χ1n) is 4.65. The Labute approximate surface area is 83.1 Å². The number of nitrogens with zero attached hydrogens (tertiary/aromatic N) is 1. The summed E-state index contributed by atoms with van der Waals surface area (Å²) in [5.74, 6) is 1.27. The van der Waals surface area contributed by atoms with E-state index in [1.807, 2.05) is 13.0 Å². The SMILES string of the molecule is C/C=C/CCNc1cc(=O)[nH]c(C)n1. The van der Waals surface area contributed by atoms with E-state index in [9.17, 15) is 4.79 Å². The third-order valence-corrected chi connectivity index (χ3v) is 1.71. The Balaban J connectivity index is 2.54. The summed E-state index contributed by atoms with van der Waals surface area (Å²) < 4.78 is 0. The van der Waals surface area contributed by atoms with Crippen molar-refractivity contribution in [2.24, 2.45) is 0 Å². The van der Waals surface area contributed by atoms with E-state index in [-0.39, 0.29) is 5.56 Å². The summed E-state index contributed by atoms with van der Waals surface area (Å²) in [5, 5.41) is 3.08. The van der Waals surface area contributed by atoms with E-state index in [2.05, 4.69) is 21.4 Å². The number of aromatic nitrogens is 2. The van der Waals surface area contributed by atoms with E-state index in [0.29, 0.717) is 11.6 Å². The third kappa shape index (κ3) is 3.43. The lowest BCUT2D eigenvalue weighted by Gasteiger charge is -2.03. The van der Waals surface area contributed by atoms with Gasteiger partial charge in [-0.05, 0) is 20.3 Å². The first kappa shape index (κ1) is 10.5. The van der Waals surface area contributed by atoms with Crippen molar-refractivity contribution in [2.45, 2.75) is 20.3 Å². The molecule has 0 amide bonds. The average molecular weight is 193 g/mol. The molecule has 0 aliphatic rings. The number of hydrogen-bond donors (Lipinski definition) is 2. The van der Waals surface area contributed by atoms with Crippen molar-refractivity contribution in [3.63, 3.8) is 0 Å². The summed E-state index contributed by atoms with van der Waals surface area (Å²) in [6.45, 7) is 4.54. The van der Waals surface area contributed by atoms with Crippen LogP contribution in [-0.2, 0) is 0 Å². The maximum Gasteiger partial charge on any atom is 0.252 e. The number of hydrogen-bond acceptors (Lipinski definition) is 3. The summed E-state index contributed by atoms with van der Waals surface area (Å²) in [7, 11) is 0. The van der Waals surface area contributed by atoms with E-state index in [1.165, 1.54) is 6.07 Å². The van der Waals surface area contributed by atoms with E-state index in [0.717, 1.165) is 13.0 Å². The van der Waals surface area contributed by atoms with Crippen LogP contribution in [0, 0.1) is 6.92 Å². The van der Waals surface area contributed by atoms with Crippen molar-refractivity contribution >= 4 is 5.82 Å². The monoisotopic (exact) mass is 193 g/mol. The zero-order chi connectivity index (χ0) is 10.4. The zero-order valence-corrected chi connectivity index (χ0v) is 8.50. The summed E-state index contributed by atoms with van der Waals surface area (Å²) in [6.07, 6.45) is 5.00. The summed E-state index contributed by atoms with van der Waals surface area (Å²) >= 11 is 0. The van der Waals surface area contributed by atoms with Gasteiger partial charge in [-0.15, -0.1) is 0 Å². The largest absolute Gasteiger partial charge is 0.370 e. The molecule has 14 heavy (non-hydrogen) atoms. The molecule has 1 aromatic rings. The predicted molar refractivity (Wildman–Crippen MR) is 57.5 cm³/mol. The van der Waals surface area contributed by atoms with Crippen molar-refractivity contribution in [3.05, 3.63) is 34.4 Å². The van der Waals surface area contributed by atoms with Crippen LogP contribution in [0.4, 0.5) is 5.82 Å². The van der Waals surface area contributed by atoms with Crippen LogP contribution in [0.15, 0.2) is 23.0 Å². The highest BCUT2D eigenvalue weighted by Gasteiger charge is 1.95. The van der Waals surface area contributed by atoms with E-state index in [1.54, 1.807) is 6.92 Å². The highest BCUT2D eigenvalue weighted by molar-refractivity contribution is 5.32. The van der Waals surface area contributed by atoms with Gasteiger partial charge in [0.2, 0.25) is 0 Å². The van der Waals surface area contributed by atoms with Crippen LogP contribution < -0.4 is 10.9 Å². The van der Waals surface area contributed by atoms with Gasteiger partial charge in [-0.3, -0.25) is 4.79 Å². The van der Waals surface area contributed by atoms with Crippen molar-refractivity contribution in [3.8, 4) is 0 Å². The normalized spacial score (nSPS) is 10.7. The molecule has 1 heterocycles. The van der Waals surface area contributed by atoms with Crippen molar-refractivity contribution in [1.82, 2.24) is 9.97 Å². The Morgan fingerprint density at radius 1 is 1.64 bits per heavy atom. The van der Waals surface area contributed by atoms with Gasteiger partial charge in [0.25, 0.3) is 5.56 Å². The lowest BCUT2D eigenvalue weighted by atomic mass is 10.4. The minimum absolute atomic E-state index is 0.119. The van der Waals surface area contributed by atoms with Crippen molar-refractivity contribution in [2.75, 3.05) is 11.9 Å². The third-order valence-electron chi connectivity index (χ3n) is 1.71. The van der Waals surface area contributed by atoms with E-state index in [4.69, 9.17) is 0 Å². The molecule has 76 valence electrons. The first-order chi connectivity index (χ1) is 6.72. The maximum atomic E-state index is 11.1. The average Bonchev–Trinajstić information content (AvgIpc) is 2.11. The van der Waals surface area contributed by atoms with Gasteiger partial charge < -0.3 is 10.3 Å². The van der Waals surface area contributed by atoms with Gasteiger partial charge in [0, 0.05) is 12.6 Å². The number of anilines is 1. The standard InChI is InChI=1S/C10H15N3O/c1-3-4-5-6-11-9-7-10(14)13-8(2)12-9/h3-4,7H,5-6H2,1-2H3,(H2,11,12,13,14)/b4-3+. The molecular weight excluding hydrogens is 178 g/mol. The highest BCUT2D eigenvalue weighted by Crippen LogP contribution is 1.97. The molecule has 0 unspecified atom stereocenters. The fraction of sp³-hybridized carbons (Fsp3) is 0.400. The van der Waals surface area contributed by atoms with Crippen LogP contribution in [-0.4, -0.2) is 16.5 Å². The van der Waals surface area contributed by atoms with Gasteiger partial charge >= 0.3 is 0 Å². The number of allylic oxidation sites excluding steroid dienone is 1. The second-order valence-corrected chi connectivity index (χ2v) is 3.00. The lowest BCUT2D eigenvalue weighted by molar-refractivity contribution is 0.984. The number of aromatic amines is 1. The molecule has 0 aliphatic carbocycles. The molecule has 0 atom stereocenters. The van der Waals surface area contributed by atoms with Crippen molar-refractivity contribution in [1.29, 1.82) is 0 Å². The fourth-order valence-corrected chi connectivity index (χ4v) is 1.12. The molecule has 0 saturated heterocycles. The fourth-order valence-electron chi connectivity index (χ4n) is 1.12. The Hall–Kier alpha value is -1.58. The van der Waals surface area contributed by atoms with Crippen LogP contribution in [0.25, 0.3) is 0 Å². The molecular formula is C10H15N3O. The summed E-state index contributed by atoms with van der Waals surface area (Å²) in [6, 6.07) is 1.46. The Morgan fingerprint density at radius 2 is 2.43 bits per heavy atom. The topological polar surface area (TPSA) is 57.8 Å². The maximum absolute atomic E-state index is 11.1. The van der Waals surface area contributed by atoms with Crippen molar-refractivity contribution < 1.29 is 0 Å². The number of H-pyrrole nitrogens is 1. The van der Waals surface area contributed by atoms with Crippen LogP contribution in [0.5, 0.6) is 0 Å². The zero-order valence-electron chi connectivity index (χ0n) is 8.50. The van der Waals surface area contributed by atoms with E-state index < -0.39 is 0 Å². The molecule has 1 aromatic heterocycles. The van der Waals surface area contributed by atoms with Crippen LogP contribution in [0.1, 0.15) is 19.2 Å². The van der Waals surface area contributed by atoms with Gasteiger partial charge in [-0.25, -0.2) is 4.98 Å². The molecule has 0 radical (unpaired) electrons. The number of nitrogens with one attached hydrogen (secondary N) is 2. The molecule has 0 saturated carbocycles. The highest BCUT2D eigenvalue weighted by atomic mass is 16.1. The van der Waals surface area contributed by atoms with Crippen LogP contribution >= 0.6 is 0 Å². The molecule has 0 fully saturated rings. The Kier molecular flexibility index (Phi) is 3.91. The Bertz CT molecular complexity index is 368. The number of aryl methyl sites for hydroxylation is 1. The predicted octanol–water partition coefficient (Wildman–Crippen LogP) is 1.46. The summed E-state index contributed by atoms with van der Waals surface area (Å²) in [4.78, 5) is 17.8. The second-order valence-electron chi connectivity index (χ2n) is 3.00. The minimum Gasteiger partial charge on any atom is -0.370 e. The molecule has 0 bridgehead atoms. The lowest BCUT2D eigenvalue weighted by Crippen LogP contribution is -2.12. The van der Waals surface area contributed by atoms with Crippen LogP contribution in [0.2, 0.25) is 0 Å². The first-order valence-corrected chi connectivity index (χ1v) is 4.65. The minimum atomic E-state index is -0.119. The van der Waals surface area contributed by atoms with Gasteiger partial charge in [0.05, 0.1) is 0 Å². The van der Waals surface area contributed by atoms with Gasteiger partial charge in [-0.2, -0.15) is 0 Å². The molecule has 0 aromatic carbocycles. The smallest absolute Gasteiger partial charge is 0.252 e. The van der Waals surface area contributed by atoms with Gasteiger partial charge in [-0.1, -0.05) is 12.2 Å².